The van der Waals surface area contributed by atoms with Crippen molar-refractivity contribution in [1.82, 2.24) is 5.32 Å². The van der Waals surface area contributed by atoms with Crippen LogP contribution in [0.3, 0.4) is 0 Å². The average Bonchev–Trinajstić information content (AvgIpc) is 2.42. The molecule has 0 aliphatic heterocycles. The number of carbonyl (C=O) groups is 1. The zero-order chi connectivity index (χ0) is 16.2. The van der Waals surface area contributed by atoms with Crippen LogP contribution in [0.1, 0.15) is 11.7 Å². The van der Waals surface area contributed by atoms with E-state index >= 15 is 0 Å². The number of hydrogen-bond acceptors (Lipinski definition) is 2. The number of carbonyl (C=O) groups excluding carboxylic acids is 1. The molecule has 3 nitrogen and oxygen atoms in total. The van der Waals surface area contributed by atoms with Crippen molar-refractivity contribution in [3.63, 3.8) is 0 Å². The number of nitrogens with one attached hydrogen (secondary N) is 1. The van der Waals surface area contributed by atoms with Gasteiger partial charge in [0, 0.05) is 0 Å². The number of alkyl halides is 3. The van der Waals surface area contributed by atoms with Crippen LogP contribution in [0, 0.1) is 0 Å². The quantitative estimate of drug-likeness (QED) is 0.525. The van der Waals surface area contributed by atoms with Gasteiger partial charge < -0.3 is 0 Å². The summed E-state index contributed by atoms with van der Waals surface area (Å²) < 4.78 is 14.3. The van der Waals surface area contributed by atoms with E-state index in [1.807, 2.05) is 12.1 Å². The van der Waals surface area contributed by atoms with Crippen molar-refractivity contribution in [1.29, 1.82) is 0 Å². The molecule has 7 heteroatoms. The van der Waals surface area contributed by atoms with Crippen LogP contribution >= 0.6 is 23.2 Å². The van der Waals surface area contributed by atoms with Crippen molar-refractivity contribution in [2.45, 2.75) is 31.8 Å². The Bertz CT molecular complexity index is 477. The van der Waals surface area contributed by atoms with E-state index in [1.165, 1.54) is 3.58 Å². The number of rotatable bonds is 6. The Hall–Kier alpha value is -0.0413. The number of amides is 1. The molecule has 0 bridgehead atoms. The summed E-state index contributed by atoms with van der Waals surface area (Å²) in [6.07, 6.45) is -1.14. The zero-order valence-electron chi connectivity index (χ0n) is 12.2. The molecule has 1 aromatic rings. The predicted molar refractivity (Wildman–Crippen MR) is 87.8 cm³/mol. The van der Waals surface area contributed by atoms with E-state index in [4.69, 9.17) is 23.2 Å². The fourth-order valence-electron chi connectivity index (χ4n) is 1.86. The van der Waals surface area contributed by atoms with Gasteiger partial charge in [-0.1, -0.05) is 0 Å². The fourth-order valence-corrected chi connectivity index (χ4v) is 5.32. The number of aliphatic hydroxyl groups is 1. The molecular weight excluding hydrogens is 423 g/mol. The number of hydrogen-bond donors (Lipinski definition) is 2. The summed E-state index contributed by atoms with van der Waals surface area (Å²) in [5.74, 6) is -0.720. The van der Waals surface area contributed by atoms with Gasteiger partial charge in [-0.25, -0.2) is 0 Å². The van der Waals surface area contributed by atoms with E-state index in [-0.39, 0.29) is 0 Å². The Kier molecular flexibility index (Phi) is 7.23. The number of aliphatic hydroxyl groups excluding tert-OH is 1. The van der Waals surface area contributed by atoms with Crippen LogP contribution in [0.25, 0.3) is 0 Å². The van der Waals surface area contributed by atoms with Crippen LogP contribution in [0.2, 0.25) is 14.8 Å². The monoisotopic (exact) mass is 443 g/mol. The summed E-state index contributed by atoms with van der Waals surface area (Å²) in [5, 5.41) is 12.5. The molecule has 1 aromatic carbocycles. The normalized spacial score (nSPS) is 14.9. The van der Waals surface area contributed by atoms with Crippen LogP contribution in [0.15, 0.2) is 24.3 Å². The molecule has 0 aliphatic carbocycles. The first-order valence-electron chi connectivity index (χ1n) is 6.59. The summed E-state index contributed by atoms with van der Waals surface area (Å²) in [6.45, 7) is -0.909. The van der Waals surface area contributed by atoms with Gasteiger partial charge in [-0.3, -0.25) is 0 Å². The van der Waals surface area contributed by atoms with Crippen molar-refractivity contribution in [2.75, 3.05) is 6.67 Å². The Morgan fingerprint density at radius 1 is 1.29 bits per heavy atom. The van der Waals surface area contributed by atoms with Crippen LogP contribution in [0.4, 0.5) is 4.39 Å². The molecule has 1 amide bonds. The van der Waals surface area contributed by atoms with Gasteiger partial charge in [-0.2, -0.15) is 0 Å². The van der Waals surface area contributed by atoms with E-state index in [9.17, 15) is 14.3 Å². The molecule has 0 heterocycles. The molecule has 1 rings (SSSR count). The third-order valence-electron chi connectivity index (χ3n) is 3.19. The predicted octanol–water partition coefficient (Wildman–Crippen LogP) is 2.52. The molecule has 118 valence electrons. The summed E-state index contributed by atoms with van der Waals surface area (Å²) in [5.41, 5.74) is 0.554. The first kappa shape index (κ1) is 19.0. The Morgan fingerprint density at radius 3 is 2.19 bits per heavy atom. The van der Waals surface area contributed by atoms with Crippen molar-refractivity contribution in [2.24, 2.45) is 0 Å². The molecule has 2 atom stereocenters. The number of halogens is 3. The minimum absolute atomic E-state index is 0.554. The van der Waals surface area contributed by atoms with Gasteiger partial charge in [0.25, 0.3) is 0 Å². The van der Waals surface area contributed by atoms with Crippen LogP contribution in [-0.4, -0.2) is 46.9 Å². The van der Waals surface area contributed by atoms with Crippen molar-refractivity contribution in [3.05, 3.63) is 29.8 Å². The number of benzene rings is 1. The average molecular weight is 443 g/mol. The minimum atomic E-state index is -2.15. The molecule has 0 saturated heterocycles. The molecule has 0 spiro atoms. The van der Waals surface area contributed by atoms with Crippen molar-refractivity contribution >= 4 is 51.1 Å². The maximum absolute atomic E-state index is 13.0. The standard InChI is InChI=1S/C11H11Cl2FNO2.3CH3.Sn/c12-10(13)11(17)15-8(6-14)9(16)7-4-2-1-3-5-7;;;;/h2-5,8-10,16H,6H2,(H,15,17);3*1H3;/t8-,9+;;;;/m1..../s1. The van der Waals surface area contributed by atoms with Gasteiger partial charge in [0.05, 0.1) is 0 Å². The molecule has 2 N–H and O–H groups in total. The van der Waals surface area contributed by atoms with Gasteiger partial charge in [0.2, 0.25) is 0 Å². The third kappa shape index (κ3) is 5.58. The SMILES string of the molecule is [CH3][Sn]([CH3])([CH3])[c]1ccc([C@H](O)[C@@H](CF)NC(=O)C(Cl)Cl)cc1. The summed E-state index contributed by atoms with van der Waals surface area (Å²) >= 11 is 8.66. The molecule has 0 aromatic heterocycles. The molecule has 0 radical (unpaired) electrons. The van der Waals surface area contributed by atoms with Gasteiger partial charge in [-0.15, -0.1) is 0 Å². The fraction of sp³-hybridized carbons (Fsp3) is 0.500. The first-order chi connectivity index (χ1) is 9.66. The molecule has 0 unspecified atom stereocenters. The first-order valence-corrected chi connectivity index (χ1v) is 17.5. The molecule has 0 fully saturated rings. The van der Waals surface area contributed by atoms with E-state index in [1.54, 1.807) is 12.1 Å². The summed E-state index contributed by atoms with van der Waals surface area (Å²) in [6, 6.07) is 6.42. The van der Waals surface area contributed by atoms with Gasteiger partial charge in [0.15, 0.2) is 0 Å². The van der Waals surface area contributed by atoms with Crippen LogP contribution in [-0.2, 0) is 4.79 Å². The van der Waals surface area contributed by atoms with E-state index in [2.05, 4.69) is 20.1 Å². The van der Waals surface area contributed by atoms with Gasteiger partial charge in [0.1, 0.15) is 0 Å². The Balaban J connectivity index is 2.85. The van der Waals surface area contributed by atoms with Crippen molar-refractivity contribution in [3.8, 4) is 0 Å². The van der Waals surface area contributed by atoms with E-state index < -0.39 is 47.9 Å². The zero-order valence-corrected chi connectivity index (χ0v) is 16.6. The second kappa shape index (κ2) is 7.99. The maximum atomic E-state index is 13.0. The second-order valence-corrected chi connectivity index (χ2v) is 21.5. The van der Waals surface area contributed by atoms with Crippen molar-refractivity contribution < 1.29 is 14.3 Å². The second-order valence-electron chi connectivity index (χ2n) is 5.89. The molecule has 21 heavy (non-hydrogen) atoms. The van der Waals surface area contributed by atoms with E-state index in [0.29, 0.717) is 5.56 Å². The molecule has 0 saturated carbocycles. The Morgan fingerprint density at radius 2 is 1.81 bits per heavy atom. The topological polar surface area (TPSA) is 49.3 Å². The summed E-state index contributed by atoms with van der Waals surface area (Å²) in [7, 11) is 0. The van der Waals surface area contributed by atoms with Gasteiger partial charge in [-0.05, 0) is 0 Å². The van der Waals surface area contributed by atoms with Gasteiger partial charge >= 0.3 is 139 Å². The van der Waals surface area contributed by atoms with E-state index in [0.717, 1.165) is 0 Å². The van der Waals surface area contributed by atoms with Crippen LogP contribution < -0.4 is 8.90 Å². The van der Waals surface area contributed by atoms with Crippen LogP contribution in [0.5, 0.6) is 0 Å². The Labute approximate surface area is 138 Å². The third-order valence-corrected chi connectivity index (χ3v) is 9.48. The molecular formula is C14H20Cl2FNO2Sn. The molecule has 0 aliphatic rings. The summed E-state index contributed by atoms with van der Waals surface area (Å²) in [4.78, 5) is 17.0.